The van der Waals surface area contributed by atoms with Crippen LogP contribution in [0.15, 0.2) is 47.6 Å². The number of carbonyl (C=O) groups is 1. The summed E-state index contributed by atoms with van der Waals surface area (Å²) in [5.74, 6) is -0.268. The van der Waals surface area contributed by atoms with Gasteiger partial charge in [-0.05, 0) is 42.7 Å². The standard InChI is InChI=1S/C17H20N2O3S/c1-12-6-7-13(2)16(9-12)23(21,22)17(11-19-14(3)20)15-5-4-8-18-10-15/h4-10,17H,11H2,1-3H3,(H,19,20)/t17-/m0/s1. The smallest absolute Gasteiger partial charge is 0.216 e. The number of pyridine rings is 1. The minimum atomic E-state index is -3.66. The lowest BCUT2D eigenvalue weighted by Crippen LogP contribution is -2.30. The van der Waals surface area contributed by atoms with Gasteiger partial charge in [-0.3, -0.25) is 9.78 Å². The lowest BCUT2D eigenvalue weighted by Gasteiger charge is -2.19. The Morgan fingerprint density at radius 3 is 2.61 bits per heavy atom. The zero-order valence-electron chi connectivity index (χ0n) is 13.4. The Kier molecular flexibility index (Phi) is 5.15. The Morgan fingerprint density at radius 2 is 2.00 bits per heavy atom. The van der Waals surface area contributed by atoms with E-state index < -0.39 is 15.1 Å². The van der Waals surface area contributed by atoms with E-state index in [-0.39, 0.29) is 17.3 Å². The Balaban J connectivity index is 2.52. The van der Waals surface area contributed by atoms with Gasteiger partial charge in [0.15, 0.2) is 9.84 Å². The molecule has 0 aliphatic carbocycles. The van der Waals surface area contributed by atoms with Crippen molar-refractivity contribution in [1.29, 1.82) is 0 Å². The highest BCUT2D eigenvalue weighted by Crippen LogP contribution is 2.30. The number of carbonyl (C=O) groups excluding carboxylic acids is 1. The predicted octanol–water partition coefficient (Wildman–Crippen LogP) is 2.35. The second kappa shape index (κ2) is 6.91. The van der Waals surface area contributed by atoms with E-state index in [9.17, 15) is 13.2 Å². The molecule has 1 heterocycles. The van der Waals surface area contributed by atoms with Crippen LogP contribution in [0.25, 0.3) is 0 Å². The number of nitrogens with one attached hydrogen (secondary N) is 1. The van der Waals surface area contributed by atoms with Crippen molar-refractivity contribution >= 4 is 15.7 Å². The van der Waals surface area contributed by atoms with Gasteiger partial charge in [0.25, 0.3) is 0 Å². The van der Waals surface area contributed by atoms with Crippen molar-refractivity contribution in [3.05, 3.63) is 59.4 Å². The second-order valence-electron chi connectivity index (χ2n) is 5.53. The lowest BCUT2D eigenvalue weighted by atomic mass is 10.2. The highest BCUT2D eigenvalue weighted by Gasteiger charge is 2.30. The van der Waals surface area contributed by atoms with Crippen LogP contribution in [-0.2, 0) is 14.6 Å². The van der Waals surface area contributed by atoms with Crippen LogP contribution in [0.5, 0.6) is 0 Å². The van der Waals surface area contributed by atoms with E-state index in [0.29, 0.717) is 11.1 Å². The quantitative estimate of drug-likeness (QED) is 0.912. The Labute approximate surface area is 136 Å². The molecule has 0 radical (unpaired) electrons. The van der Waals surface area contributed by atoms with Gasteiger partial charge in [-0.2, -0.15) is 0 Å². The summed E-state index contributed by atoms with van der Waals surface area (Å²) in [4.78, 5) is 15.5. The lowest BCUT2D eigenvalue weighted by molar-refractivity contribution is -0.118. The SMILES string of the molecule is CC(=O)NC[C@@H](c1cccnc1)S(=O)(=O)c1cc(C)ccc1C. The van der Waals surface area contributed by atoms with Gasteiger partial charge in [0, 0.05) is 25.9 Å². The molecular weight excluding hydrogens is 312 g/mol. The molecule has 1 aromatic heterocycles. The molecule has 0 aliphatic heterocycles. The summed E-state index contributed by atoms with van der Waals surface area (Å²) in [5.41, 5.74) is 2.12. The summed E-state index contributed by atoms with van der Waals surface area (Å²) < 4.78 is 26.3. The van der Waals surface area contributed by atoms with Crippen molar-refractivity contribution in [1.82, 2.24) is 10.3 Å². The number of aryl methyl sites for hydroxylation is 2. The zero-order valence-corrected chi connectivity index (χ0v) is 14.2. The van der Waals surface area contributed by atoms with Crippen LogP contribution in [0.2, 0.25) is 0 Å². The van der Waals surface area contributed by atoms with Crippen LogP contribution in [0.4, 0.5) is 0 Å². The summed E-state index contributed by atoms with van der Waals surface area (Å²) in [5, 5.41) is 1.73. The van der Waals surface area contributed by atoms with E-state index in [1.54, 1.807) is 37.4 Å². The largest absolute Gasteiger partial charge is 0.355 e. The summed E-state index contributed by atoms with van der Waals surface area (Å²) in [6.07, 6.45) is 3.11. The Hall–Kier alpha value is -2.21. The average Bonchev–Trinajstić information content (AvgIpc) is 2.50. The third kappa shape index (κ3) is 3.96. The van der Waals surface area contributed by atoms with Crippen molar-refractivity contribution in [2.45, 2.75) is 30.9 Å². The molecule has 0 saturated carbocycles. The van der Waals surface area contributed by atoms with E-state index in [0.717, 1.165) is 5.56 Å². The van der Waals surface area contributed by atoms with Gasteiger partial charge >= 0.3 is 0 Å². The summed E-state index contributed by atoms with van der Waals surface area (Å²) in [6.45, 7) is 5.00. The van der Waals surface area contributed by atoms with Crippen LogP contribution < -0.4 is 5.32 Å². The first-order valence-electron chi connectivity index (χ1n) is 7.28. The molecule has 2 aromatic rings. The van der Waals surface area contributed by atoms with E-state index in [1.807, 2.05) is 13.0 Å². The van der Waals surface area contributed by atoms with Crippen molar-refractivity contribution in [3.63, 3.8) is 0 Å². The average molecular weight is 332 g/mol. The molecule has 0 bridgehead atoms. The van der Waals surface area contributed by atoms with Crippen LogP contribution in [0, 0.1) is 13.8 Å². The molecule has 0 aliphatic rings. The second-order valence-corrected chi connectivity index (χ2v) is 7.62. The van der Waals surface area contributed by atoms with Crippen LogP contribution >= 0.6 is 0 Å². The van der Waals surface area contributed by atoms with Gasteiger partial charge in [0.05, 0.1) is 4.90 Å². The zero-order chi connectivity index (χ0) is 17.0. The first-order chi connectivity index (χ1) is 10.8. The molecule has 6 heteroatoms. The van der Waals surface area contributed by atoms with Crippen LogP contribution in [-0.4, -0.2) is 25.9 Å². The van der Waals surface area contributed by atoms with E-state index in [2.05, 4.69) is 10.3 Å². The monoisotopic (exact) mass is 332 g/mol. The molecule has 2 rings (SSSR count). The minimum absolute atomic E-state index is 0.0107. The van der Waals surface area contributed by atoms with Crippen LogP contribution in [0.3, 0.4) is 0 Å². The minimum Gasteiger partial charge on any atom is -0.355 e. The number of aromatic nitrogens is 1. The molecule has 1 atom stereocenters. The number of benzene rings is 1. The van der Waals surface area contributed by atoms with E-state index in [4.69, 9.17) is 0 Å². The first-order valence-corrected chi connectivity index (χ1v) is 8.82. The molecule has 1 N–H and O–H groups in total. The highest BCUT2D eigenvalue weighted by molar-refractivity contribution is 7.91. The fraction of sp³-hybridized carbons (Fsp3) is 0.294. The first kappa shape index (κ1) is 17.1. The number of amides is 1. The van der Waals surface area contributed by atoms with Gasteiger partial charge in [-0.25, -0.2) is 8.42 Å². The van der Waals surface area contributed by atoms with Gasteiger partial charge in [-0.1, -0.05) is 18.2 Å². The third-order valence-electron chi connectivity index (χ3n) is 3.62. The molecule has 1 amide bonds. The fourth-order valence-corrected chi connectivity index (χ4v) is 4.35. The maximum atomic E-state index is 13.1. The molecule has 122 valence electrons. The molecule has 0 fully saturated rings. The number of hydrogen-bond donors (Lipinski definition) is 1. The molecule has 23 heavy (non-hydrogen) atoms. The van der Waals surface area contributed by atoms with Gasteiger partial charge in [-0.15, -0.1) is 0 Å². The predicted molar refractivity (Wildman–Crippen MR) is 88.8 cm³/mol. The molecule has 0 saturated heterocycles. The number of nitrogens with zero attached hydrogens (tertiary/aromatic N) is 1. The topological polar surface area (TPSA) is 76.1 Å². The molecule has 5 nitrogen and oxygen atoms in total. The normalized spacial score (nSPS) is 12.7. The molecular formula is C17H20N2O3S. The molecule has 0 spiro atoms. The van der Waals surface area contributed by atoms with Gasteiger partial charge < -0.3 is 5.32 Å². The summed E-state index contributed by atoms with van der Waals surface area (Å²) >= 11 is 0. The van der Waals surface area contributed by atoms with E-state index in [1.165, 1.54) is 13.1 Å². The number of rotatable bonds is 5. The highest BCUT2D eigenvalue weighted by atomic mass is 32.2. The van der Waals surface area contributed by atoms with Gasteiger partial charge in [0.1, 0.15) is 5.25 Å². The maximum absolute atomic E-state index is 13.1. The maximum Gasteiger partial charge on any atom is 0.216 e. The number of sulfone groups is 1. The summed E-state index contributed by atoms with van der Waals surface area (Å²) in [6, 6.07) is 8.74. The summed E-state index contributed by atoms with van der Waals surface area (Å²) in [7, 11) is -3.66. The van der Waals surface area contributed by atoms with Crippen molar-refractivity contribution in [3.8, 4) is 0 Å². The van der Waals surface area contributed by atoms with E-state index >= 15 is 0 Å². The fourth-order valence-electron chi connectivity index (χ4n) is 2.38. The van der Waals surface area contributed by atoms with Crippen molar-refractivity contribution < 1.29 is 13.2 Å². The van der Waals surface area contributed by atoms with Crippen LogP contribution in [0.1, 0.15) is 28.9 Å². The van der Waals surface area contributed by atoms with Gasteiger partial charge in [0.2, 0.25) is 5.91 Å². The van der Waals surface area contributed by atoms with Crippen molar-refractivity contribution in [2.75, 3.05) is 6.54 Å². The van der Waals surface area contributed by atoms with Crippen molar-refractivity contribution in [2.24, 2.45) is 0 Å². The molecule has 1 aromatic carbocycles. The molecule has 0 unspecified atom stereocenters. The Morgan fingerprint density at radius 1 is 1.26 bits per heavy atom. The third-order valence-corrected chi connectivity index (χ3v) is 5.86. The Bertz CT molecular complexity index is 802. The number of hydrogen-bond acceptors (Lipinski definition) is 4.